The van der Waals surface area contributed by atoms with E-state index in [1.165, 1.54) is 0 Å². The summed E-state index contributed by atoms with van der Waals surface area (Å²) in [6.07, 6.45) is 0. The van der Waals surface area contributed by atoms with Crippen LogP contribution in [-0.4, -0.2) is 21.0 Å². The maximum absolute atomic E-state index is 11.2. The van der Waals surface area contributed by atoms with Crippen molar-refractivity contribution in [1.82, 2.24) is 9.97 Å². The first-order valence-corrected chi connectivity index (χ1v) is 5.70. The van der Waals surface area contributed by atoms with Gasteiger partial charge in [0.2, 0.25) is 0 Å². The number of carboxylic acid groups (broad SMARTS) is 1. The number of benzene rings is 1. The summed E-state index contributed by atoms with van der Waals surface area (Å²) in [5.41, 5.74) is 3.47. The Kier molecular flexibility index (Phi) is 2.13. The van der Waals surface area contributed by atoms with Gasteiger partial charge in [0.1, 0.15) is 0 Å². The molecular formula is C14H12N2O2. The number of hydrogen-bond donors (Lipinski definition) is 2. The molecule has 18 heavy (non-hydrogen) atoms. The molecule has 4 heteroatoms. The first kappa shape index (κ1) is 10.8. The number of aryl methyl sites for hydroxylation is 2. The molecule has 0 spiro atoms. The van der Waals surface area contributed by atoms with Crippen LogP contribution in [0.4, 0.5) is 0 Å². The van der Waals surface area contributed by atoms with Crippen molar-refractivity contribution in [2.24, 2.45) is 0 Å². The summed E-state index contributed by atoms with van der Waals surface area (Å²) >= 11 is 0. The Balaban J connectivity index is 2.58. The number of aromatic carboxylic acids is 1. The van der Waals surface area contributed by atoms with Gasteiger partial charge in [-0.25, -0.2) is 9.78 Å². The van der Waals surface area contributed by atoms with E-state index in [1.54, 1.807) is 6.92 Å². The van der Waals surface area contributed by atoms with Crippen LogP contribution in [0.5, 0.6) is 0 Å². The van der Waals surface area contributed by atoms with Crippen LogP contribution >= 0.6 is 0 Å². The maximum Gasteiger partial charge on any atom is 0.354 e. The number of carboxylic acids is 1. The Morgan fingerprint density at radius 2 is 2.00 bits per heavy atom. The topological polar surface area (TPSA) is 66.0 Å². The van der Waals surface area contributed by atoms with E-state index in [9.17, 15) is 9.90 Å². The summed E-state index contributed by atoms with van der Waals surface area (Å²) in [5.74, 6) is -0.984. The quantitative estimate of drug-likeness (QED) is 0.687. The number of aromatic amines is 1. The molecule has 0 saturated carbocycles. The lowest BCUT2D eigenvalue weighted by atomic mass is 10.1. The molecule has 0 fully saturated rings. The van der Waals surface area contributed by atoms with Gasteiger partial charge in [-0.15, -0.1) is 0 Å². The number of H-pyrrole nitrogens is 1. The summed E-state index contributed by atoms with van der Waals surface area (Å²) < 4.78 is 0. The van der Waals surface area contributed by atoms with Crippen LogP contribution in [0.15, 0.2) is 24.3 Å². The van der Waals surface area contributed by atoms with Crippen LogP contribution in [0.25, 0.3) is 21.8 Å². The van der Waals surface area contributed by atoms with E-state index >= 15 is 0 Å². The number of fused-ring (bicyclic) bond motifs is 3. The van der Waals surface area contributed by atoms with Gasteiger partial charge in [0.15, 0.2) is 5.69 Å². The molecule has 2 N–H and O–H groups in total. The summed E-state index contributed by atoms with van der Waals surface area (Å²) in [7, 11) is 0. The van der Waals surface area contributed by atoms with E-state index in [1.807, 2.05) is 31.2 Å². The van der Waals surface area contributed by atoms with Crippen molar-refractivity contribution >= 4 is 27.8 Å². The van der Waals surface area contributed by atoms with Gasteiger partial charge in [-0.1, -0.05) is 18.2 Å². The highest BCUT2D eigenvalue weighted by Gasteiger charge is 2.17. The van der Waals surface area contributed by atoms with Gasteiger partial charge in [-0.05, 0) is 25.5 Å². The number of aromatic nitrogens is 2. The first-order chi connectivity index (χ1) is 8.59. The lowest BCUT2D eigenvalue weighted by Gasteiger charge is -2.04. The van der Waals surface area contributed by atoms with E-state index in [0.717, 1.165) is 21.8 Å². The highest BCUT2D eigenvalue weighted by molar-refractivity contribution is 6.11. The van der Waals surface area contributed by atoms with Crippen molar-refractivity contribution in [1.29, 1.82) is 0 Å². The largest absolute Gasteiger partial charge is 0.477 e. The third-order valence-corrected chi connectivity index (χ3v) is 3.28. The van der Waals surface area contributed by atoms with E-state index in [4.69, 9.17) is 0 Å². The van der Waals surface area contributed by atoms with Gasteiger partial charge in [-0.2, -0.15) is 0 Å². The van der Waals surface area contributed by atoms with Crippen molar-refractivity contribution in [2.45, 2.75) is 13.8 Å². The molecule has 0 atom stereocenters. The summed E-state index contributed by atoms with van der Waals surface area (Å²) in [4.78, 5) is 18.7. The zero-order valence-corrected chi connectivity index (χ0v) is 10.1. The Hall–Kier alpha value is -2.36. The molecule has 0 aliphatic rings. The number of para-hydroxylation sites is 1. The average Bonchev–Trinajstić information content (AvgIpc) is 2.73. The molecule has 2 heterocycles. The lowest BCUT2D eigenvalue weighted by molar-refractivity contribution is 0.0689. The Morgan fingerprint density at radius 1 is 1.28 bits per heavy atom. The summed E-state index contributed by atoms with van der Waals surface area (Å²) in [6.45, 7) is 3.63. The molecule has 0 saturated heterocycles. The van der Waals surface area contributed by atoms with Gasteiger partial charge < -0.3 is 10.1 Å². The third-order valence-electron chi connectivity index (χ3n) is 3.28. The minimum absolute atomic E-state index is 0.129. The molecule has 0 aliphatic heterocycles. The number of pyridine rings is 1. The molecule has 2 aromatic heterocycles. The van der Waals surface area contributed by atoms with Crippen LogP contribution in [0.1, 0.15) is 21.7 Å². The van der Waals surface area contributed by atoms with Crippen molar-refractivity contribution in [3.63, 3.8) is 0 Å². The van der Waals surface area contributed by atoms with E-state index in [-0.39, 0.29) is 5.69 Å². The van der Waals surface area contributed by atoms with E-state index < -0.39 is 5.97 Å². The highest BCUT2D eigenvalue weighted by Crippen LogP contribution is 2.30. The zero-order chi connectivity index (χ0) is 12.9. The lowest BCUT2D eigenvalue weighted by Crippen LogP contribution is -2.05. The Morgan fingerprint density at radius 3 is 2.72 bits per heavy atom. The predicted octanol–water partition coefficient (Wildman–Crippen LogP) is 3.03. The van der Waals surface area contributed by atoms with Crippen LogP contribution in [0.3, 0.4) is 0 Å². The SMILES string of the molecule is Cc1nc(C(=O)O)c(C)c2c1[nH]c1ccccc12. The van der Waals surface area contributed by atoms with Gasteiger partial charge in [0.25, 0.3) is 0 Å². The van der Waals surface area contributed by atoms with Crippen LogP contribution in [0, 0.1) is 13.8 Å². The van der Waals surface area contributed by atoms with Crippen molar-refractivity contribution < 1.29 is 9.90 Å². The van der Waals surface area contributed by atoms with Crippen LogP contribution in [0.2, 0.25) is 0 Å². The van der Waals surface area contributed by atoms with Crippen molar-refractivity contribution in [3.8, 4) is 0 Å². The number of hydrogen-bond acceptors (Lipinski definition) is 2. The second-order valence-corrected chi connectivity index (χ2v) is 4.40. The number of rotatable bonds is 1. The predicted molar refractivity (Wildman–Crippen MR) is 70.0 cm³/mol. The third kappa shape index (κ3) is 1.32. The molecule has 0 aliphatic carbocycles. The normalized spacial score (nSPS) is 11.2. The molecule has 4 nitrogen and oxygen atoms in total. The van der Waals surface area contributed by atoms with Crippen molar-refractivity contribution in [2.75, 3.05) is 0 Å². The molecule has 0 radical (unpaired) electrons. The number of nitrogens with zero attached hydrogens (tertiary/aromatic N) is 1. The standard InChI is InChI=1S/C14H12N2O2/c1-7-11-9-5-3-4-6-10(9)16-13(11)8(2)15-12(7)14(17)18/h3-6,16H,1-2H3,(H,17,18). The van der Waals surface area contributed by atoms with Crippen LogP contribution in [-0.2, 0) is 0 Å². The summed E-state index contributed by atoms with van der Waals surface area (Å²) in [6, 6.07) is 7.88. The monoisotopic (exact) mass is 240 g/mol. The molecular weight excluding hydrogens is 228 g/mol. The second kappa shape index (κ2) is 3.57. The molecule has 1 aromatic carbocycles. The minimum atomic E-state index is -0.984. The Labute approximate surface area is 103 Å². The van der Waals surface area contributed by atoms with E-state index in [2.05, 4.69) is 9.97 Å². The molecule has 3 rings (SSSR count). The molecule has 90 valence electrons. The molecule has 3 aromatic rings. The molecule has 0 bridgehead atoms. The van der Waals surface area contributed by atoms with Crippen LogP contribution < -0.4 is 0 Å². The Bertz CT molecular complexity index is 787. The fourth-order valence-corrected chi connectivity index (χ4v) is 2.44. The summed E-state index contributed by atoms with van der Waals surface area (Å²) in [5, 5.41) is 11.2. The number of carbonyl (C=O) groups is 1. The zero-order valence-electron chi connectivity index (χ0n) is 10.1. The smallest absolute Gasteiger partial charge is 0.354 e. The first-order valence-electron chi connectivity index (χ1n) is 5.70. The average molecular weight is 240 g/mol. The van der Waals surface area contributed by atoms with E-state index in [0.29, 0.717) is 11.3 Å². The van der Waals surface area contributed by atoms with Gasteiger partial charge in [0, 0.05) is 16.3 Å². The van der Waals surface area contributed by atoms with Gasteiger partial charge >= 0.3 is 5.97 Å². The molecule has 0 amide bonds. The van der Waals surface area contributed by atoms with Gasteiger partial charge in [-0.3, -0.25) is 0 Å². The fourth-order valence-electron chi connectivity index (χ4n) is 2.44. The highest BCUT2D eigenvalue weighted by atomic mass is 16.4. The van der Waals surface area contributed by atoms with Gasteiger partial charge in [0.05, 0.1) is 11.2 Å². The number of nitrogens with one attached hydrogen (secondary N) is 1. The molecule has 0 unspecified atom stereocenters. The van der Waals surface area contributed by atoms with Crippen molar-refractivity contribution in [3.05, 3.63) is 41.2 Å². The second-order valence-electron chi connectivity index (χ2n) is 4.40. The minimum Gasteiger partial charge on any atom is -0.477 e. The maximum atomic E-state index is 11.2. The fraction of sp³-hybridized carbons (Fsp3) is 0.143.